The summed E-state index contributed by atoms with van der Waals surface area (Å²) in [6, 6.07) is 10.1. The average Bonchev–Trinajstić information content (AvgIpc) is 2.91. The first-order chi connectivity index (χ1) is 10.7. The number of aliphatic hydroxyl groups is 1. The van der Waals surface area contributed by atoms with Gasteiger partial charge in [-0.05, 0) is 36.5 Å². The number of carbonyl (C=O) groups is 1. The first-order valence-electron chi connectivity index (χ1n) is 8.06. The fourth-order valence-corrected chi connectivity index (χ4v) is 4.37. The topological polar surface area (TPSA) is 61.4 Å². The Hall–Kier alpha value is -1.20. The molecule has 2 unspecified atom stereocenters. The Labute approximate surface area is 136 Å². The Morgan fingerprint density at radius 1 is 1.36 bits per heavy atom. The van der Waals surface area contributed by atoms with Gasteiger partial charge in [-0.2, -0.15) is 11.8 Å². The molecule has 2 fully saturated rings. The molecule has 1 aliphatic carbocycles. The van der Waals surface area contributed by atoms with E-state index in [-0.39, 0.29) is 12.1 Å². The van der Waals surface area contributed by atoms with Gasteiger partial charge in [-0.15, -0.1) is 0 Å². The summed E-state index contributed by atoms with van der Waals surface area (Å²) in [5, 5.41) is 16.3. The summed E-state index contributed by atoms with van der Waals surface area (Å²) in [6.45, 7) is 0.331. The summed E-state index contributed by atoms with van der Waals surface area (Å²) in [6.07, 6.45) is 4.33. The molecular formula is C17H24N2O2S. The predicted molar refractivity (Wildman–Crippen MR) is 90.0 cm³/mol. The molecule has 1 aromatic rings. The molecule has 22 heavy (non-hydrogen) atoms. The Kier molecular flexibility index (Phi) is 4.93. The Morgan fingerprint density at radius 2 is 2.14 bits per heavy atom. The highest BCUT2D eigenvalue weighted by molar-refractivity contribution is 7.99. The van der Waals surface area contributed by atoms with Crippen molar-refractivity contribution in [2.75, 3.05) is 18.1 Å². The molecule has 1 saturated carbocycles. The molecule has 1 aromatic carbocycles. The van der Waals surface area contributed by atoms with Crippen LogP contribution in [-0.2, 0) is 0 Å². The van der Waals surface area contributed by atoms with Crippen LogP contribution in [0, 0.1) is 5.92 Å². The fraction of sp³-hybridized carbons (Fsp3) is 0.588. The first-order valence-corrected chi connectivity index (χ1v) is 9.21. The van der Waals surface area contributed by atoms with Crippen molar-refractivity contribution in [3.63, 3.8) is 0 Å². The summed E-state index contributed by atoms with van der Waals surface area (Å²) < 4.78 is 0. The van der Waals surface area contributed by atoms with Crippen LogP contribution in [0.2, 0.25) is 0 Å². The molecular weight excluding hydrogens is 296 g/mol. The maximum absolute atomic E-state index is 12.2. The van der Waals surface area contributed by atoms with E-state index in [1.807, 2.05) is 18.2 Å². The Balaban J connectivity index is 1.57. The molecule has 3 rings (SSSR count). The largest absolute Gasteiger partial charge is 0.387 e. The third-order valence-electron chi connectivity index (χ3n) is 4.73. The molecule has 0 aromatic heterocycles. The number of hydrogen-bond acceptors (Lipinski definition) is 3. The molecule has 1 saturated heterocycles. The van der Waals surface area contributed by atoms with E-state index >= 15 is 0 Å². The molecule has 0 spiro atoms. The van der Waals surface area contributed by atoms with E-state index in [0.717, 1.165) is 17.7 Å². The predicted octanol–water partition coefficient (Wildman–Crippen LogP) is 2.70. The standard InChI is InChI=1S/C17H24N2O2S/c20-16(18-11-17(21)9-10-22-12-17)19-15(14-7-4-8-14)13-5-2-1-3-6-13/h1-3,5-6,14-15,21H,4,7-12H2,(H2,18,19,20). The van der Waals surface area contributed by atoms with Gasteiger partial charge in [-0.1, -0.05) is 36.8 Å². The van der Waals surface area contributed by atoms with Crippen LogP contribution in [-0.4, -0.2) is 34.8 Å². The third kappa shape index (κ3) is 3.76. The van der Waals surface area contributed by atoms with Crippen molar-refractivity contribution in [2.45, 2.75) is 37.3 Å². The minimum absolute atomic E-state index is 0.0718. The number of thioether (sulfide) groups is 1. The average molecular weight is 320 g/mol. The summed E-state index contributed by atoms with van der Waals surface area (Å²) in [7, 11) is 0. The Morgan fingerprint density at radius 3 is 2.73 bits per heavy atom. The lowest BCUT2D eigenvalue weighted by molar-refractivity contribution is 0.0696. The van der Waals surface area contributed by atoms with Gasteiger partial charge in [0.2, 0.25) is 0 Å². The van der Waals surface area contributed by atoms with E-state index < -0.39 is 5.60 Å². The van der Waals surface area contributed by atoms with Crippen LogP contribution in [0.5, 0.6) is 0 Å². The van der Waals surface area contributed by atoms with E-state index in [1.54, 1.807) is 11.8 Å². The number of nitrogens with one attached hydrogen (secondary N) is 2. The highest BCUT2D eigenvalue weighted by atomic mass is 32.2. The molecule has 4 nitrogen and oxygen atoms in total. The molecule has 1 aliphatic heterocycles. The van der Waals surface area contributed by atoms with Crippen molar-refractivity contribution < 1.29 is 9.90 Å². The SMILES string of the molecule is O=C(NCC1(O)CCSC1)NC(c1ccccc1)C1CCC1. The lowest BCUT2D eigenvalue weighted by Crippen LogP contribution is -2.48. The van der Waals surface area contributed by atoms with Gasteiger partial charge in [0, 0.05) is 12.3 Å². The van der Waals surface area contributed by atoms with Crippen LogP contribution in [0.15, 0.2) is 30.3 Å². The van der Waals surface area contributed by atoms with Crippen molar-refractivity contribution in [1.29, 1.82) is 0 Å². The van der Waals surface area contributed by atoms with Crippen LogP contribution >= 0.6 is 11.8 Å². The quantitative estimate of drug-likeness (QED) is 0.782. The number of hydrogen-bond donors (Lipinski definition) is 3. The van der Waals surface area contributed by atoms with E-state index in [0.29, 0.717) is 18.2 Å². The van der Waals surface area contributed by atoms with E-state index in [9.17, 15) is 9.90 Å². The van der Waals surface area contributed by atoms with Crippen molar-refractivity contribution in [3.8, 4) is 0 Å². The second-order valence-corrected chi connectivity index (χ2v) is 7.54. The highest BCUT2D eigenvalue weighted by Gasteiger charge is 2.33. The van der Waals surface area contributed by atoms with Gasteiger partial charge in [-0.25, -0.2) is 4.79 Å². The van der Waals surface area contributed by atoms with Gasteiger partial charge in [0.25, 0.3) is 0 Å². The lowest BCUT2D eigenvalue weighted by Gasteiger charge is -2.35. The van der Waals surface area contributed by atoms with Gasteiger partial charge < -0.3 is 15.7 Å². The molecule has 5 heteroatoms. The normalized spacial score (nSPS) is 26.2. The van der Waals surface area contributed by atoms with Crippen molar-refractivity contribution in [3.05, 3.63) is 35.9 Å². The van der Waals surface area contributed by atoms with Crippen molar-refractivity contribution in [1.82, 2.24) is 10.6 Å². The maximum Gasteiger partial charge on any atom is 0.315 e. The van der Waals surface area contributed by atoms with Gasteiger partial charge in [0.05, 0.1) is 11.6 Å². The highest BCUT2D eigenvalue weighted by Crippen LogP contribution is 2.37. The second-order valence-electron chi connectivity index (χ2n) is 6.43. The second kappa shape index (κ2) is 6.92. The smallest absolute Gasteiger partial charge is 0.315 e. The van der Waals surface area contributed by atoms with E-state index in [4.69, 9.17) is 0 Å². The van der Waals surface area contributed by atoms with Gasteiger partial charge in [0.1, 0.15) is 0 Å². The summed E-state index contributed by atoms with van der Waals surface area (Å²) in [4.78, 5) is 12.2. The van der Waals surface area contributed by atoms with E-state index in [2.05, 4.69) is 22.8 Å². The minimum atomic E-state index is -0.735. The number of urea groups is 1. The molecule has 120 valence electrons. The zero-order valence-electron chi connectivity index (χ0n) is 12.8. The monoisotopic (exact) mass is 320 g/mol. The summed E-state index contributed by atoms with van der Waals surface area (Å²) in [5.41, 5.74) is 0.429. The summed E-state index contributed by atoms with van der Waals surface area (Å²) in [5.74, 6) is 2.20. The molecule has 0 bridgehead atoms. The van der Waals surface area contributed by atoms with Crippen LogP contribution in [0.1, 0.15) is 37.3 Å². The molecule has 0 radical (unpaired) electrons. The molecule has 2 atom stereocenters. The van der Waals surface area contributed by atoms with Crippen LogP contribution in [0.25, 0.3) is 0 Å². The van der Waals surface area contributed by atoms with Crippen LogP contribution in [0.3, 0.4) is 0 Å². The zero-order valence-corrected chi connectivity index (χ0v) is 13.6. The molecule has 1 heterocycles. The van der Waals surface area contributed by atoms with Crippen LogP contribution in [0.4, 0.5) is 4.79 Å². The number of rotatable bonds is 5. The maximum atomic E-state index is 12.2. The Bertz CT molecular complexity index is 499. The third-order valence-corrected chi connectivity index (χ3v) is 5.96. The van der Waals surface area contributed by atoms with Crippen molar-refractivity contribution >= 4 is 17.8 Å². The summed E-state index contributed by atoms with van der Waals surface area (Å²) >= 11 is 1.74. The lowest BCUT2D eigenvalue weighted by atomic mass is 9.77. The fourth-order valence-electron chi connectivity index (χ4n) is 3.08. The zero-order chi connectivity index (χ0) is 15.4. The first kappa shape index (κ1) is 15.7. The number of benzene rings is 1. The molecule has 2 aliphatic rings. The van der Waals surface area contributed by atoms with Crippen molar-refractivity contribution in [2.24, 2.45) is 5.92 Å². The molecule has 3 N–H and O–H groups in total. The van der Waals surface area contributed by atoms with Gasteiger partial charge in [-0.3, -0.25) is 0 Å². The number of carbonyl (C=O) groups excluding carboxylic acids is 1. The molecule has 2 amide bonds. The number of amides is 2. The van der Waals surface area contributed by atoms with E-state index in [1.165, 1.54) is 19.3 Å². The van der Waals surface area contributed by atoms with Crippen LogP contribution < -0.4 is 10.6 Å². The van der Waals surface area contributed by atoms with Gasteiger partial charge >= 0.3 is 6.03 Å². The minimum Gasteiger partial charge on any atom is -0.387 e. The van der Waals surface area contributed by atoms with Gasteiger partial charge in [0.15, 0.2) is 0 Å².